The Kier molecular flexibility index (Phi) is 4.29. The molecule has 4 rings (SSSR count). The van der Waals surface area contributed by atoms with Crippen LogP contribution in [0.3, 0.4) is 0 Å². The van der Waals surface area contributed by atoms with Crippen molar-refractivity contribution in [1.82, 2.24) is 13.7 Å². The van der Waals surface area contributed by atoms with E-state index in [1.165, 1.54) is 10.3 Å². The first kappa shape index (κ1) is 16.9. The Morgan fingerprint density at radius 2 is 1.92 bits per heavy atom. The van der Waals surface area contributed by atoms with E-state index < -0.39 is 0 Å². The predicted octanol–water partition coefficient (Wildman–Crippen LogP) is 3.99. The number of aromatic nitrogens is 3. The number of carbonyl (C=O) groups is 1. The molecule has 0 unspecified atom stereocenters. The van der Waals surface area contributed by atoms with Crippen LogP contribution in [0.4, 0.5) is 10.8 Å². The van der Waals surface area contributed by atoms with Gasteiger partial charge in [0, 0.05) is 7.05 Å². The van der Waals surface area contributed by atoms with E-state index >= 15 is 0 Å². The normalized spacial score (nSPS) is 11.2. The first-order chi connectivity index (χ1) is 12.5. The van der Waals surface area contributed by atoms with Crippen molar-refractivity contribution >= 4 is 61.0 Å². The Labute approximate surface area is 158 Å². The minimum absolute atomic E-state index is 0.110. The molecule has 0 radical (unpaired) electrons. The van der Waals surface area contributed by atoms with Crippen molar-refractivity contribution in [3.8, 4) is 0 Å². The standard InChI is InChI=1S/C18H17N5OS2/c1-10-7-8-11(2)17-15(10)20-18(25-17)23(3)9-14(24)19-12-5-4-6-13-16(12)22-26-21-13/h4-8H,9H2,1-3H3,(H,19,24). The number of nitrogens with one attached hydrogen (secondary N) is 1. The van der Waals surface area contributed by atoms with Crippen LogP contribution in [0.5, 0.6) is 0 Å². The van der Waals surface area contributed by atoms with E-state index in [4.69, 9.17) is 4.98 Å². The summed E-state index contributed by atoms with van der Waals surface area (Å²) in [6.07, 6.45) is 0. The summed E-state index contributed by atoms with van der Waals surface area (Å²) in [5, 5.41) is 3.76. The smallest absolute Gasteiger partial charge is 0.244 e. The number of nitrogens with zero attached hydrogens (tertiary/aromatic N) is 4. The molecule has 2 aromatic heterocycles. The third-order valence-corrected chi connectivity index (χ3v) is 6.05. The molecule has 2 aromatic carbocycles. The van der Waals surface area contributed by atoms with Crippen molar-refractivity contribution in [2.75, 3.05) is 23.8 Å². The number of thiazole rings is 1. The molecule has 0 aliphatic carbocycles. The maximum atomic E-state index is 12.5. The van der Waals surface area contributed by atoms with Gasteiger partial charge in [0.05, 0.1) is 34.2 Å². The molecule has 1 amide bonds. The van der Waals surface area contributed by atoms with Gasteiger partial charge >= 0.3 is 0 Å². The minimum Gasteiger partial charge on any atom is -0.342 e. The van der Waals surface area contributed by atoms with Crippen LogP contribution in [0, 0.1) is 13.8 Å². The molecule has 0 fully saturated rings. The number of likely N-dealkylation sites (N-methyl/N-ethyl adjacent to an activating group) is 1. The largest absolute Gasteiger partial charge is 0.342 e. The van der Waals surface area contributed by atoms with Crippen molar-refractivity contribution in [1.29, 1.82) is 0 Å². The first-order valence-corrected chi connectivity index (χ1v) is 9.66. The van der Waals surface area contributed by atoms with Gasteiger partial charge in [-0.15, -0.1) is 0 Å². The fraction of sp³-hybridized carbons (Fsp3) is 0.222. The Balaban J connectivity index is 1.53. The second-order valence-corrected chi connectivity index (χ2v) is 7.72. The van der Waals surface area contributed by atoms with Gasteiger partial charge in [-0.25, -0.2) is 4.98 Å². The number of hydrogen-bond acceptors (Lipinski definition) is 7. The molecule has 2 heterocycles. The van der Waals surface area contributed by atoms with Crippen LogP contribution >= 0.6 is 23.1 Å². The molecule has 0 atom stereocenters. The van der Waals surface area contributed by atoms with E-state index in [1.54, 1.807) is 11.3 Å². The van der Waals surface area contributed by atoms with Crippen LogP contribution in [-0.4, -0.2) is 33.2 Å². The highest BCUT2D eigenvalue weighted by Gasteiger charge is 2.15. The second-order valence-electron chi connectivity index (χ2n) is 6.22. The number of fused-ring (bicyclic) bond motifs is 2. The molecular weight excluding hydrogens is 366 g/mol. The van der Waals surface area contributed by atoms with Crippen LogP contribution in [-0.2, 0) is 4.79 Å². The van der Waals surface area contributed by atoms with Gasteiger partial charge < -0.3 is 10.2 Å². The summed E-state index contributed by atoms with van der Waals surface area (Å²) < 4.78 is 9.62. The number of carbonyl (C=O) groups excluding carboxylic acids is 1. The highest BCUT2D eigenvalue weighted by atomic mass is 32.1. The molecule has 6 nitrogen and oxygen atoms in total. The summed E-state index contributed by atoms with van der Waals surface area (Å²) in [7, 11) is 1.88. The van der Waals surface area contributed by atoms with Crippen molar-refractivity contribution < 1.29 is 4.79 Å². The van der Waals surface area contributed by atoms with Crippen LogP contribution in [0.2, 0.25) is 0 Å². The quantitative estimate of drug-likeness (QED) is 0.577. The molecular formula is C18H17N5OS2. The van der Waals surface area contributed by atoms with E-state index in [0.29, 0.717) is 5.69 Å². The monoisotopic (exact) mass is 383 g/mol. The highest BCUT2D eigenvalue weighted by molar-refractivity contribution is 7.22. The number of amides is 1. The second kappa shape index (κ2) is 6.62. The van der Waals surface area contributed by atoms with Gasteiger partial charge in [0.25, 0.3) is 0 Å². The third kappa shape index (κ3) is 3.02. The van der Waals surface area contributed by atoms with Gasteiger partial charge in [-0.3, -0.25) is 4.79 Å². The third-order valence-electron chi connectivity index (χ3n) is 4.20. The van der Waals surface area contributed by atoms with Gasteiger partial charge in [0.15, 0.2) is 5.13 Å². The molecule has 0 saturated heterocycles. The van der Waals surface area contributed by atoms with E-state index in [0.717, 1.165) is 39.0 Å². The van der Waals surface area contributed by atoms with Crippen molar-refractivity contribution in [3.05, 3.63) is 41.5 Å². The predicted molar refractivity (Wildman–Crippen MR) is 108 cm³/mol. The summed E-state index contributed by atoms with van der Waals surface area (Å²) in [5.41, 5.74) is 5.56. The number of aryl methyl sites for hydroxylation is 2. The van der Waals surface area contributed by atoms with E-state index in [2.05, 4.69) is 40.0 Å². The SMILES string of the molecule is Cc1ccc(C)c2sc(N(C)CC(=O)Nc3cccc4nsnc34)nc12. The Hall–Kier alpha value is -2.58. The van der Waals surface area contributed by atoms with Gasteiger partial charge in [-0.05, 0) is 37.1 Å². The fourth-order valence-corrected chi connectivity index (χ4v) is 4.41. The molecule has 4 aromatic rings. The lowest BCUT2D eigenvalue weighted by molar-refractivity contribution is -0.114. The first-order valence-electron chi connectivity index (χ1n) is 8.12. The Morgan fingerprint density at radius 1 is 1.12 bits per heavy atom. The average molecular weight is 384 g/mol. The molecule has 8 heteroatoms. The lowest BCUT2D eigenvalue weighted by Crippen LogP contribution is -2.30. The van der Waals surface area contributed by atoms with Crippen molar-refractivity contribution in [2.24, 2.45) is 0 Å². The minimum atomic E-state index is -0.110. The molecule has 0 saturated carbocycles. The van der Waals surface area contributed by atoms with E-state index in [9.17, 15) is 4.79 Å². The Morgan fingerprint density at radius 3 is 2.73 bits per heavy atom. The lowest BCUT2D eigenvalue weighted by Gasteiger charge is -2.15. The number of benzene rings is 2. The Bertz CT molecular complexity index is 1080. The summed E-state index contributed by atoms with van der Waals surface area (Å²) in [6, 6.07) is 9.77. The van der Waals surface area contributed by atoms with Gasteiger partial charge in [0.2, 0.25) is 5.91 Å². The summed E-state index contributed by atoms with van der Waals surface area (Å²) in [5.74, 6) is -0.110. The van der Waals surface area contributed by atoms with Crippen LogP contribution in [0.1, 0.15) is 11.1 Å². The van der Waals surface area contributed by atoms with Crippen LogP contribution < -0.4 is 10.2 Å². The summed E-state index contributed by atoms with van der Waals surface area (Å²) >= 11 is 2.75. The number of hydrogen-bond donors (Lipinski definition) is 1. The number of anilines is 2. The van der Waals surface area contributed by atoms with E-state index in [1.807, 2.05) is 30.1 Å². The average Bonchev–Trinajstić information content (AvgIpc) is 3.26. The molecule has 0 bridgehead atoms. The molecule has 0 aliphatic rings. The zero-order valence-electron chi connectivity index (χ0n) is 14.6. The summed E-state index contributed by atoms with van der Waals surface area (Å²) in [6.45, 7) is 4.35. The number of rotatable bonds is 4. The van der Waals surface area contributed by atoms with E-state index in [-0.39, 0.29) is 12.5 Å². The molecule has 0 aliphatic heterocycles. The molecule has 0 spiro atoms. The fourth-order valence-electron chi connectivity index (χ4n) is 2.79. The van der Waals surface area contributed by atoms with Gasteiger partial charge in [0.1, 0.15) is 11.0 Å². The van der Waals surface area contributed by atoms with Crippen LogP contribution in [0.25, 0.3) is 21.3 Å². The molecule has 132 valence electrons. The zero-order valence-corrected chi connectivity index (χ0v) is 16.2. The maximum absolute atomic E-state index is 12.5. The van der Waals surface area contributed by atoms with Gasteiger partial charge in [-0.2, -0.15) is 8.75 Å². The topological polar surface area (TPSA) is 71.0 Å². The summed E-state index contributed by atoms with van der Waals surface area (Å²) in [4.78, 5) is 19.1. The van der Waals surface area contributed by atoms with Gasteiger partial charge in [-0.1, -0.05) is 29.5 Å². The van der Waals surface area contributed by atoms with Crippen LogP contribution in [0.15, 0.2) is 30.3 Å². The van der Waals surface area contributed by atoms with Crippen molar-refractivity contribution in [2.45, 2.75) is 13.8 Å². The maximum Gasteiger partial charge on any atom is 0.244 e. The van der Waals surface area contributed by atoms with Crippen molar-refractivity contribution in [3.63, 3.8) is 0 Å². The highest BCUT2D eigenvalue weighted by Crippen LogP contribution is 2.32. The lowest BCUT2D eigenvalue weighted by atomic mass is 10.1. The molecule has 1 N–H and O–H groups in total. The zero-order chi connectivity index (χ0) is 18.3. The molecule has 26 heavy (non-hydrogen) atoms.